The molecule has 2 aromatic heterocycles. The van der Waals surface area contributed by atoms with E-state index in [1.807, 2.05) is 22.7 Å². The second-order valence-electron chi connectivity index (χ2n) is 11.6. The van der Waals surface area contributed by atoms with E-state index >= 15 is 0 Å². The summed E-state index contributed by atoms with van der Waals surface area (Å²) < 4.78 is 7.87. The van der Waals surface area contributed by atoms with Crippen LogP contribution in [0.15, 0.2) is 12.1 Å². The van der Waals surface area contributed by atoms with Gasteiger partial charge in [0.05, 0.1) is 9.75 Å². The molecule has 0 saturated heterocycles. The van der Waals surface area contributed by atoms with E-state index < -0.39 is 0 Å². The smallest absolute Gasteiger partial charge is 0.140 e. The van der Waals surface area contributed by atoms with Crippen molar-refractivity contribution >= 4 is 45.3 Å². The fraction of sp³-hybridized carbons (Fsp3) is 0.733. The first-order chi connectivity index (χ1) is 16.1. The quantitative estimate of drug-likeness (QED) is 0.152. The van der Waals surface area contributed by atoms with Crippen LogP contribution < -0.4 is 4.74 Å². The van der Waals surface area contributed by atoms with Crippen molar-refractivity contribution in [2.24, 2.45) is 17.8 Å². The van der Waals surface area contributed by atoms with Gasteiger partial charge in [-0.05, 0) is 75.8 Å². The average molecular weight is 615 g/mol. The number of aryl methyl sites for hydroxylation is 2. The number of thiophene rings is 2. The molecule has 3 rings (SSSR count). The number of hydrogen-bond donors (Lipinski definition) is 0. The molecule has 0 fully saturated rings. The van der Waals surface area contributed by atoms with Crippen molar-refractivity contribution in [2.45, 2.75) is 122 Å². The lowest BCUT2D eigenvalue weighted by Crippen LogP contribution is -2.36. The van der Waals surface area contributed by atoms with Gasteiger partial charge in [-0.1, -0.05) is 89.3 Å². The van der Waals surface area contributed by atoms with E-state index in [4.69, 9.17) is 4.74 Å². The van der Waals surface area contributed by atoms with Crippen molar-refractivity contribution in [3.63, 3.8) is 0 Å². The van der Waals surface area contributed by atoms with Gasteiger partial charge in [0.2, 0.25) is 0 Å². The Hall–Kier alpha value is -0.0700. The number of hydrogen-bond acceptors (Lipinski definition) is 3. The van der Waals surface area contributed by atoms with E-state index in [9.17, 15) is 0 Å². The van der Waals surface area contributed by atoms with E-state index in [1.165, 1.54) is 76.4 Å². The summed E-state index contributed by atoms with van der Waals surface area (Å²) in [5, 5.41) is 0. The SMILES string of the molecule is Cc1cc2c(s1)-c1sc(C)cc1C(CCC(C)CCCC(C)C)(CCC(C)CCCC(C)I)O2. The Morgan fingerprint density at radius 2 is 1.32 bits per heavy atom. The lowest BCUT2D eigenvalue weighted by molar-refractivity contribution is 0.0323. The molecule has 34 heavy (non-hydrogen) atoms. The predicted octanol–water partition coefficient (Wildman–Crippen LogP) is 11.3. The first-order valence-electron chi connectivity index (χ1n) is 13.6. The first-order valence-corrected chi connectivity index (χ1v) is 16.5. The molecule has 192 valence electrons. The van der Waals surface area contributed by atoms with Crippen LogP contribution >= 0.6 is 45.3 Å². The minimum absolute atomic E-state index is 0.155. The maximum Gasteiger partial charge on any atom is 0.140 e. The lowest BCUT2D eigenvalue weighted by atomic mass is 9.78. The standard InChI is InChI=1S/C30H47IOS2/c1-20(2)10-8-11-21(3)14-16-30(17-15-22(4)12-9-13-23(5)31)26-18-24(6)33-28(26)29-27(32-30)19-25(7)34-29/h18-23H,8-17H2,1-7H3. The van der Waals surface area contributed by atoms with Gasteiger partial charge in [-0.2, -0.15) is 0 Å². The summed E-state index contributed by atoms with van der Waals surface area (Å²) in [4.78, 5) is 5.65. The van der Waals surface area contributed by atoms with Gasteiger partial charge < -0.3 is 4.74 Å². The molecular formula is C30H47IOS2. The monoisotopic (exact) mass is 614 g/mol. The fourth-order valence-corrected chi connectivity index (χ4v) is 8.01. The second-order valence-corrected chi connectivity index (χ2v) is 16.2. The van der Waals surface area contributed by atoms with Crippen LogP contribution in [0.5, 0.6) is 5.75 Å². The van der Waals surface area contributed by atoms with Crippen molar-refractivity contribution in [3.05, 3.63) is 27.5 Å². The van der Waals surface area contributed by atoms with Crippen molar-refractivity contribution in [2.75, 3.05) is 0 Å². The van der Waals surface area contributed by atoms with Crippen molar-refractivity contribution < 1.29 is 4.74 Å². The molecule has 0 bridgehead atoms. The zero-order valence-electron chi connectivity index (χ0n) is 22.6. The van der Waals surface area contributed by atoms with Gasteiger partial charge >= 0.3 is 0 Å². The summed E-state index contributed by atoms with van der Waals surface area (Å²) in [6, 6.07) is 4.76. The van der Waals surface area contributed by atoms with Crippen LogP contribution in [0.3, 0.4) is 0 Å². The van der Waals surface area contributed by atoms with Crippen LogP contribution in [-0.4, -0.2) is 3.92 Å². The second kappa shape index (κ2) is 12.9. The fourth-order valence-electron chi connectivity index (χ4n) is 5.38. The molecule has 0 aromatic carbocycles. The van der Waals surface area contributed by atoms with E-state index in [0.717, 1.165) is 40.3 Å². The van der Waals surface area contributed by atoms with Gasteiger partial charge in [0.25, 0.3) is 0 Å². The van der Waals surface area contributed by atoms with E-state index in [2.05, 4.69) is 83.2 Å². The summed E-state index contributed by atoms with van der Waals surface area (Å²) >= 11 is 6.45. The van der Waals surface area contributed by atoms with Crippen molar-refractivity contribution in [1.82, 2.24) is 0 Å². The third-order valence-corrected chi connectivity index (χ3v) is 10.4. The topological polar surface area (TPSA) is 9.23 Å². The Morgan fingerprint density at radius 1 is 0.765 bits per heavy atom. The molecule has 1 aliphatic heterocycles. The lowest BCUT2D eigenvalue weighted by Gasteiger charge is -2.39. The third kappa shape index (κ3) is 7.71. The van der Waals surface area contributed by atoms with Crippen LogP contribution in [0.25, 0.3) is 9.75 Å². The zero-order valence-corrected chi connectivity index (χ0v) is 26.4. The van der Waals surface area contributed by atoms with Gasteiger partial charge in [0.1, 0.15) is 11.4 Å². The summed E-state index contributed by atoms with van der Waals surface area (Å²) in [5.41, 5.74) is 1.34. The highest BCUT2D eigenvalue weighted by molar-refractivity contribution is 14.1. The Kier molecular flexibility index (Phi) is 10.8. The van der Waals surface area contributed by atoms with Crippen molar-refractivity contribution in [1.29, 1.82) is 0 Å². The Morgan fingerprint density at radius 3 is 1.91 bits per heavy atom. The molecule has 0 amide bonds. The molecule has 0 saturated carbocycles. The molecule has 0 radical (unpaired) electrons. The molecule has 0 spiro atoms. The normalized spacial score (nSPS) is 20.0. The molecular weight excluding hydrogens is 567 g/mol. The minimum Gasteiger partial charge on any atom is -0.481 e. The van der Waals surface area contributed by atoms with Crippen molar-refractivity contribution in [3.8, 4) is 15.5 Å². The van der Waals surface area contributed by atoms with E-state index in [-0.39, 0.29) is 5.60 Å². The third-order valence-electron chi connectivity index (χ3n) is 7.54. The summed E-state index contributed by atoms with van der Waals surface area (Å²) in [5.74, 6) is 3.48. The Balaban J connectivity index is 1.78. The van der Waals surface area contributed by atoms with Gasteiger partial charge in [-0.3, -0.25) is 0 Å². The number of fused-ring (bicyclic) bond motifs is 3. The molecule has 3 heterocycles. The maximum atomic E-state index is 7.08. The van der Waals surface area contributed by atoms with E-state index in [1.54, 1.807) is 0 Å². The van der Waals surface area contributed by atoms with E-state index in [0.29, 0.717) is 0 Å². The molecule has 0 N–H and O–H groups in total. The predicted molar refractivity (Wildman–Crippen MR) is 162 cm³/mol. The number of rotatable bonds is 14. The van der Waals surface area contributed by atoms with Crippen LogP contribution in [0, 0.1) is 31.6 Å². The van der Waals surface area contributed by atoms with Crippen LogP contribution in [0.2, 0.25) is 0 Å². The summed E-state index contributed by atoms with van der Waals surface area (Å²) in [6.45, 7) is 16.4. The minimum atomic E-state index is -0.155. The van der Waals surface area contributed by atoms with Crippen LogP contribution in [0.1, 0.15) is 114 Å². The molecule has 1 nitrogen and oxygen atoms in total. The Bertz CT molecular complexity index is 870. The van der Waals surface area contributed by atoms with Gasteiger partial charge in [-0.15, -0.1) is 22.7 Å². The van der Waals surface area contributed by atoms with Crippen LogP contribution in [-0.2, 0) is 5.60 Å². The Labute approximate surface area is 231 Å². The number of halogens is 1. The summed E-state index contributed by atoms with van der Waals surface area (Å²) in [6.07, 6.45) is 12.9. The molecule has 2 aromatic rings. The maximum absolute atomic E-state index is 7.08. The molecule has 1 aliphatic rings. The summed E-state index contributed by atoms with van der Waals surface area (Å²) in [7, 11) is 0. The first kappa shape index (κ1) is 28.5. The highest BCUT2D eigenvalue weighted by Crippen LogP contribution is 2.55. The number of ether oxygens (including phenoxy) is 1. The zero-order chi connectivity index (χ0) is 24.9. The van der Waals surface area contributed by atoms with Crippen LogP contribution in [0.4, 0.5) is 0 Å². The van der Waals surface area contributed by atoms with Gasteiger partial charge in [-0.25, -0.2) is 0 Å². The average Bonchev–Trinajstić information content (AvgIpc) is 3.32. The highest BCUT2D eigenvalue weighted by atomic mass is 127. The number of alkyl halides is 1. The molecule has 0 aliphatic carbocycles. The largest absolute Gasteiger partial charge is 0.481 e. The van der Waals surface area contributed by atoms with Gasteiger partial charge in [0.15, 0.2) is 0 Å². The highest BCUT2D eigenvalue weighted by Gasteiger charge is 2.42. The molecule has 4 unspecified atom stereocenters. The molecule has 4 heteroatoms. The molecule has 4 atom stereocenters. The van der Waals surface area contributed by atoms with Gasteiger partial charge in [0, 0.05) is 19.2 Å².